The van der Waals surface area contributed by atoms with E-state index in [-0.39, 0.29) is 5.82 Å². The Morgan fingerprint density at radius 3 is 2.64 bits per heavy atom. The van der Waals surface area contributed by atoms with Crippen LogP contribution in [0.25, 0.3) is 0 Å². The molecular formula is C8H9F3N2O. The van der Waals surface area contributed by atoms with Crippen molar-refractivity contribution in [2.24, 2.45) is 7.05 Å². The van der Waals surface area contributed by atoms with Gasteiger partial charge in [-0.3, -0.25) is 4.79 Å². The van der Waals surface area contributed by atoms with Crippen molar-refractivity contribution in [2.45, 2.75) is 19.0 Å². The number of alkyl halides is 3. The Labute approximate surface area is 78.6 Å². The zero-order valence-corrected chi connectivity index (χ0v) is 7.51. The molecule has 0 fully saturated rings. The summed E-state index contributed by atoms with van der Waals surface area (Å²) in [6.45, 7) is 0. The van der Waals surface area contributed by atoms with Gasteiger partial charge in [0.05, 0.1) is 6.42 Å². The van der Waals surface area contributed by atoms with Crippen molar-refractivity contribution in [2.75, 3.05) is 0 Å². The Morgan fingerprint density at radius 1 is 1.57 bits per heavy atom. The third-order valence-corrected chi connectivity index (χ3v) is 1.71. The molecule has 0 spiro atoms. The molecule has 0 aliphatic heterocycles. The topological polar surface area (TPSA) is 34.9 Å². The number of hydrogen-bond acceptors (Lipinski definition) is 2. The van der Waals surface area contributed by atoms with E-state index in [0.29, 0.717) is 0 Å². The van der Waals surface area contributed by atoms with Crippen LogP contribution < -0.4 is 0 Å². The minimum atomic E-state index is -4.29. The summed E-state index contributed by atoms with van der Waals surface area (Å²) in [6, 6.07) is 0. The molecule has 0 saturated heterocycles. The maximum absolute atomic E-state index is 11.8. The molecule has 0 unspecified atom stereocenters. The van der Waals surface area contributed by atoms with Crippen LogP contribution in [0, 0.1) is 0 Å². The largest absolute Gasteiger partial charge is 0.389 e. The predicted molar refractivity (Wildman–Crippen MR) is 42.8 cm³/mol. The number of aromatic nitrogens is 2. The maximum atomic E-state index is 11.8. The molecule has 0 saturated carbocycles. The maximum Gasteiger partial charge on any atom is 0.389 e. The predicted octanol–water partition coefficient (Wildman–Crippen LogP) is 1.95. The molecule has 0 aliphatic carbocycles. The van der Waals surface area contributed by atoms with E-state index in [9.17, 15) is 18.0 Å². The summed E-state index contributed by atoms with van der Waals surface area (Å²) in [5.41, 5.74) is 0. The second kappa shape index (κ2) is 3.81. The van der Waals surface area contributed by atoms with Crippen molar-refractivity contribution < 1.29 is 18.0 Å². The highest BCUT2D eigenvalue weighted by molar-refractivity contribution is 5.92. The van der Waals surface area contributed by atoms with Crippen LogP contribution in [0.1, 0.15) is 23.5 Å². The highest BCUT2D eigenvalue weighted by Gasteiger charge is 2.28. The molecule has 0 N–H and O–H groups in total. The molecule has 78 valence electrons. The van der Waals surface area contributed by atoms with Gasteiger partial charge in [0.25, 0.3) is 0 Å². The number of hydrogen-bond donors (Lipinski definition) is 0. The molecule has 3 nitrogen and oxygen atoms in total. The third kappa shape index (κ3) is 2.86. The van der Waals surface area contributed by atoms with Crippen molar-refractivity contribution in [3.63, 3.8) is 0 Å². The third-order valence-electron chi connectivity index (χ3n) is 1.71. The summed E-state index contributed by atoms with van der Waals surface area (Å²) < 4.78 is 36.7. The van der Waals surface area contributed by atoms with E-state index in [4.69, 9.17) is 0 Å². The molecule has 1 aromatic rings. The van der Waals surface area contributed by atoms with E-state index >= 15 is 0 Å². The summed E-state index contributed by atoms with van der Waals surface area (Å²) in [6.07, 6.45) is -3.05. The molecule has 0 radical (unpaired) electrons. The van der Waals surface area contributed by atoms with Gasteiger partial charge in [0.2, 0.25) is 0 Å². The standard InChI is InChI=1S/C8H9F3N2O/c1-13-5-4-12-7(13)6(14)2-3-8(9,10)11/h4-5H,2-3H2,1H3. The molecule has 1 rings (SSSR count). The van der Waals surface area contributed by atoms with E-state index < -0.39 is 24.8 Å². The van der Waals surface area contributed by atoms with Gasteiger partial charge in [-0.1, -0.05) is 0 Å². The second-order valence-electron chi connectivity index (χ2n) is 2.90. The van der Waals surface area contributed by atoms with Gasteiger partial charge in [0.1, 0.15) is 0 Å². The molecule has 1 heterocycles. The summed E-state index contributed by atoms with van der Waals surface area (Å²) in [5.74, 6) is -0.524. The van der Waals surface area contributed by atoms with Crippen LogP contribution in [0.2, 0.25) is 0 Å². The second-order valence-corrected chi connectivity index (χ2v) is 2.90. The number of aryl methyl sites for hydroxylation is 1. The van der Waals surface area contributed by atoms with Crippen LogP contribution in [0.5, 0.6) is 0 Å². The molecule has 6 heteroatoms. The quantitative estimate of drug-likeness (QED) is 0.708. The van der Waals surface area contributed by atoms with E-state index in [0.717, 1.165) is 0 Å². The molecule has 14 heavy (non-hydrogen) atoms. The minimum Gasteiger partial charge on any atom is -0.332 e. The summed E-state index contributed by atoms with van der Waals surface area (Å²) >= 11 is 0. The molecule has 0 bridgehead atoms. The molecule has 0 aliphatic rings. The van der Waals surface area contributed by atoms with Crippen molar-refractivity contribution in [3.8, 4) is 0 Å². The van der Waals surface area contributed by atoms with Gasteiger partial charge in [-0.25, -0.2) is 4.98 Å². The first kappa shape index (κ1) is 10.7. The fourth-order valence-electron chi connectivity index (χ4n) is 1.00. The normalized spacial score (nSPS) is 11.7. The number of Topliss-reactive ketones (excluding diaryl/α,β-unsaturated/α-hetero) is 1. The van der Waals surface area contributed by atoms with Crippen molar-refractivity contribution in [3.05, 3.63) is 18.2 Å². The smallest absolute Gasteiger partial charge is 0.332 e. The number of carbonyl (C=O) groups excluding carboxylic acids is 1. The van der Waals surface area contributed by atoms with Crippen LogP contribution in [-0.4, -0.2) is 21.5 Å². The molecular weight excluding hydrogens is 197 g/mol. The Hall–Kier alpha value is -1.33. The zero-order valence-electron chi connectivity index (χ0n) is 7.51. The first-order valence-corrected chi connectivity index (χ1v) is 3.97. The van der Waals surface area contributed by atoms with E-state index in [2.05, 4.69) is 4.98 Å². The fourth-order valence-corrected chi connectivity index (χ4v) is 1.00. The lowest BCUT2D eigenvalue weighted by Crippen LogP contribution is -2.13. The zero-order chi connectivity index (χ0) is 10.8. The Balaban J connectivity index is 2.56. The van der Waals surface area contributed by atoms with Crippen LogP contribution in [-0.2, 0) is 7.05 Å². The summed E-state index contributed by atoms with van der Waals surface area (Å²) in [5, 5.41) is 0. The van der Waals surface area contributed by atoms with Crippen LogP contribution >= 0.6 is 0 Å². The minimum absolute atomic E-state index is 0.0641. The van der Waals surface area contributed by atoms with Crippen LogP contribution in [0.15, 0.2) is 12.4 Å². The fraction of sp³-hybridized carbons (Fsp3) is 0.500. The average molecular weight is 206 g/mol. The van der Waals surface area contributed by atoms with Crippen molar-refractivity contribution in [1.82, 2.24) is 9.55 Å². The summed E-state index contributed by atoms with van der Waals surface area (Å²) in [7, 11) is 1.56. The van der Waals surface area contributed by atoms with Gasteiger partial charge < -0.3 is 4.57 Å². The first-order chi connectivity index (χ1) is 6.40. The SMILES string of the molecule is Cn1ccnc1C(=O)CCC(F)(F)F. The van der Waals surface area contributed by atoms with Crippen LogP contribution in [0.3, 0.4) is 0 Å². The number of rotatable bonds is 3. The van der Waals surface area contributed by atoms with Gasteiger partial charge in [0.15, 0.2) is 11.6 Å². The van der Waals surface area contributed by atoms with Gasteiger partial charge in [0, 0.05) is 25.9 Å². The van der Waals surface area contributed by atoms with Gasteiger partial charge in [-0.2, -0.15) is 13.2 Å². The number of nitrogens with zero attached hydrogens (tertiary/aromatic N) is 2. The van der Waals surface area contributed by atoms with E-state index in [1.165, 1.54) is 17.0 Å². The highest BCUT2D eigenvalue weighted by atomic mass is 19.4. The summed E-state index contributed by atoms with van der Waals surface area (Å²) in [4.78, 5) is 14.9. The number of carbonyl (C=O) groups is 1. The molecule has 1 aromatic heterocycles. The van der Waals surface area contributed by atoms with E-state index in [1.807, 2.05) is 0 Å². The lowest BCUT2D eigenvalue weighted by atomic mass is 10.2. The lowest BCUT2D eigenvalue weighted by molar-refractivity contribution is -0.133. The Bertz CT molecular complexity index is 330. The molecule has 0 aromatic carbocycles. The lowest BCUT2D eigenvalue weighted by Gasteiger charge is -2.04. The number of halogens is 3. The average Bonchev–Trinajstić information content (AvgIpc) is 2.46. The molecule has 0 amide bonds. The van der Waals surface area contributed by atoms with Crippen molar-refractivity contribution >= 4 is 5.78 Å². The van der Waals surface area contributed by atoms with E-state index in [1.54, 1.807) is 7.05 Å². The molecule has 0 atom stereocenters. The Morgan fingerprint density at radius 2 is 2.21 bits per heavy atom. The number of ketones is 1. The first-order valence-electron chi connectivity index (χ1n) is 3.97. The van der Waals surface area contributed by atoms with Gasteiger partial charge >= 0.3 is 6.18 Å². The monoisotopic (exact) mass is 206 g/mol. The Kier molecular flexibility index (Phi) is 2.93. The van der Waals surface area contributed by atoms with Crippen molar-refractivity contribution in [1.29, 1.82) is 0 Å². The van der Waals surface area contributed by atoms with Gasteiger partial charge in [-0.15, -0.1) is 0 Å². The van der Waals surface area contributed by atoms with Crippen LogP contribution in [0.4, 0.5) is 13.2 Å². The highest BCUT2D eigenvalue weighted by Crippen LogP contribution is 2.22. The number of imidazole rings is 1. The van der Waals surface area contributed by atoms with Gasteiger partial charge in [-0.05, 0) is 0 Å².